The van der Waals surface area contributed by atoms with Gasteiger partial charge in [0, 0.05) is 25.7 Å². The van der Waals surface area contributed by atoms with E-state index in [2.05, 4.69) is 0 Å². The number of alkyl halides is 1. The molecule has 1 fully saturated rings. The van der Waals surface area contributed by atoms with Crippen molar-refractivity contribution in [3.05, 3.63) is 12.2 Å². The topological polar surface area (TPSA) is 40.5 Å². The fraction of sp³-hybridized carbons (Fsp3) is 0.571. The second-order valence-electron chi connectivity index (χ2n) is 2.56. The van der Waals surface area contributed by atoms with Gasteiger partial charge in [-0.1, -0.05) is 6.08 Å². The van der Waals surface area contributed by atoms with E-state index in [-0.39, 0.29) is 0 Å². The van der Waals surface area contributed by atoms with Crippen LogP contribution in [0.3, 0.4) is 0 Å². The summed E-state index contributed by atoms with van der Waals surface area (Å²) in [5.74, 6) is -0.956. The van der Waals surface area contributed by atoms with Gasteiger partial charge in [-0.15, -0.1) is 0 Å². The number of likely N-dealkylation sites (tertiary alicyclic amines) is 1. The van der Waals surface area contributed by atoms with Crippen molar-refractivity contribution in [3.63, 3.8) is 0 Å². The van der Waals surface area contributed by atoms with E-state index < -0.39 is 12.1 Å². The summed E-state index contributed by atoms with van der Waals surface area (Å²) < 4.78 is 12.2. The molecule has 3 nitrogen and oxygen atoms in total. The third kappa shape index (κ3) is 2.67. The molecule has 0 unspecified atom stereocenters. The molecule has 1 heterocycles. The van der Waals surface area contributed by atoms with Crippen LogP contribution in [0.1, 0.15) is 0 Å². The van der Waals surface area contributed by atoms with Crippen LogP contribution in [0.5, 0.6) is 0 Å². The van der Waals surface area contributed by atoms with Gasteiger partial charge in [-0.3, -0.25) is 4.90 Å². The highest BCUT2D eigenvalue weighted by Crippen LogP contribution is 2.09. The molecule has 1 saturated heterocycles. The molecule has 1 aliphatic heterocycles. The Kier molecular flexibility index (Phi) is 2.59. The average molecular weight is 159 g/mol. The summed E-state index contributed by atoms with van der Waals surface area (Å²) in [6.07, 6.45) is 1.88. The molecular weight excluding hydrogens is 149 g/mol. The normalized spacial score (nSPS) is 20.5. The summed E-state index contributed by atoms with van der Waals surface area (Å²) in [6.45, 7) is 1.40. The Morgan fingerprint density at radius 2 is 2.36 bits per heavy atom. The zero-order chi connectivity index (χ0) is 8.27. The van der Waals surface area contributed by atoms with Crippen molar-refractivity contribution in [2.75, 3.05) is 19.6 Å². The number of rotatable bonds is 3. The largest absolute Gasteiger partial charge is 0.478 e. The molecular formula is C7H10FNO2. The molecule has 0 aromatic rings. The van der Waals surface area contributed by atoms with Crippen LogP contribution in [0, 0.1) is 0 Å². The Balaban J connectivity index is 2.09. The highest BCUT2D eigenvalue weighted by Gasteiger charge is 2.24. The van der Waals surface area contributed by atoms with E-state index in [0.29, 0.717) is 19.6 Å². The number of carboxylic acid groups (broad SMARTS) is 1. The van der Waals surface area contributed by atoms with E-state index in [1.165, 1.54) is 6.08 Å². The zero-order valence-corrected chi connectivity index (χ0v) is 6.03. The molecule has 11 heavy (non-hydrogen) atoms. The van der Waals surface area contributed by atoms with Crippen molar-refractivity contribution >= 4 is 5.97 Å². The molecule has 0 aromatic heterocycles. The van der Waals surface area contributed by atoms with Gasteiger partial charge in [0.2, 0.25) is 0 Å². The molecule has 0 bridgehead atoms. The SMILES string of the molecule is O=C(O)/C=C/CN1CC(F)C1. The lowest BCUT2D eigenvalue weighted by molar-refractivity contribution is -0.131. The quantitative estimate of drug-likeness (QED) is 0.601. The van der Waals surface area contributed by atoms with Crippen molar-refractivity contribution in [1.29, 1.82) is 0 Å². The first-order valence-electron chi connectivity index (χ1n) is 3.44. The van der Waals surface area contributed by atoms with Crippen molar-refractivity contribution < 1.29 is 14.3 Å². The number of carbonyl (C=O) groups is 1. The van der Waals surface area contributed by atoms with Crippen LogP contribution in [-0.4, -0.2) is 41.8 Å². The molecule has 0 radical (unpaired) electrons. The fourth-order valence-corrected chi connectivity index (χ4v) is 0.959. The number of aliphatic carboxylic acids is 1. The monoisotopic (exact) mass is 159 g/mol. The Bertz CT molecular complexity index is 175. The van der Waals surface area contributed by atoms with Crippen molar-refractivity contribution in [1.82, 2.24) is 4.90 Å². The summed E-state index contributed by atoms with van der Waals surface area (Å²) in [5.41, 5.74) is 0. The molecule has 0 aliphatic carbocycles. The van der Waals surface area contributed by atoms with Gasteiger partial charge < -0.3 is 5.11 Å². The number of halogens is 1. The van der Waals surface area contributed by atoms with Gasteiger partial charge in [0.15, 0.2) is 0 Å². The average Bonchev–Trinajstić information content (AvgIpc) is 1.83. The summed E-state index contributed by atoms with van der Waals surface area (Å²) in [4.78, 5) is 11.8. The highest BCUT2D eigenvalue weighted by molar-refractivity contribution is 5.79. The minimum Gasteiger partial charge on any atom is -0.478 e. The standard InChI is InChI=1S/C7H10FNO2/c8-6-4-9(5-6)3-1-2-7(10)11/h1-2,6H,3-5H2,(H,10,11)/b2-1+. The molecule has 1 rings (SSSR count). The number of nitrogens with zero attached hydrogens (tertiary/aromatic N) is 1. The summed E-state index contributed by atoms with van der Waals surface area (Å²) in [7, 11) is 0. The molecule has 0 saturated carbocycles. The van der Waals surface area contributed by atoms with E-state index in [1.54, 1.807) is 0 Å². The smallest absolute Gasteiger partial charge is 0.328 e. The molecule has 0 amide bonds. The summed E-state index contributed by atoms with van der Waals surface area (Å²) >= 11 is 0. The molecule has 0 aromatic carbocycles. The van der Waals surface area contributed by atoms with Crippen LogP contribution in [-0.2, 0) is 4.79 Å². The maximum atomic E-state index is 12.2. The first-order valence-corrected chi connectivity index (χ1v) is 3.44. The van der Waals surface area contributed by atoms with Crippen molar-refractivity contribution in [2.45, 2.75) is 6.17 Å². The molecule has 62 valence electrons. The zero-order valence-electron chi connectivity index (χ0n) is 6.03. The third-order valence-corrected chi connectivity index (χ3v) is 1.54. The van der Waals surface area contributed by atoms with Crippen LogP contribution < -0.4 is 0 Å². The Morgan fingerprint density at radius 3 is 2.82 bits per heavy atom. The Hall–Kier alpha value is -0.900. The van der Waals surface area contributed by atoms with Gasteiger partial charge >= 0.3 is 5.97 Å². The van der Waals surface area contributed by atoms with E-state index in [0.717, 1.165) is 6.08 Å². The summed E-state index contributed by atoms with van der Waals surface area (Å²) in [5, 5.41) is 8.19. The number of carboxylic acids is 1. The molecule has 4 heteroatoms. The Morgan fingerprint density at radius 1 is 1.73 bits per heavy atom. The minimum atomic E-state index is -0.956. The minimum absolute atomic E-state index is 0.434. The van der Waals surface area contributed by atoms with Crippen LogP contribution in [0.4, 0.5) is 4.39 Å². The maximum Gasteiger partial charge on any atom is 0.328 e. The molecule has 1 N–H and O–H groups in total. The maximum absolute atomic E-state index is 12.2. The van der Waals surface area contributed by atoms with E-state index in [9.17, 15) is 9.18 Å². The van der Waals surface area contributed by atoms with Gasteiger partial charge in [0.05, 0.1) is 0 Å². The molecule has 0 atom stereocenters. The number of hydrogen-bond acceptors (Lipinski definition) is 2. The van der Waals surface area contributed by atoms with Crippen LogP contribution >= 0.6 is 0 Å². The van der Waals surface area contributed by atoms with Crippen LogP contribution in [0.15, 0.2) is 12.2 Å². The first-order chi connectivity index (χ1) is 5.18. The predicted octanol–water partition coefficient (Wildman–Crippen LogP) is 0.281. The number of hydrogen-bond donors (Lipinski definition) is 1. The fourth-order valence-electron chi connectivity index (χ4n) is 0.959. The lowest BCUT2D eigenvalue weighted by atomic mass is 10.2. The second kappa shape index (κ2) is 3.48. The van der Waals surface area contributed by atoms with Gasteiger partial charge in [-0.25, -0.2) is 9.18 Å². The van der Waals surface area contributed by atoms with Crippen LogP contribution in [0.25, 0.3) is 0 Å². The van der Waals surface area contributed by atoms with Crippen LogP contribution in [0.2, 0.25) is 0 Å². The van der Waals surface area contributed by atoms with Crippen molar-refractivity contribution in [3.8, 4) is 0 Å². The summed E-state index contributed by atoms with van der Waals surface area (Å²) in [6, 6.07) is 0. The molecule has 1 aliphatic rings. The first kappa shape index (κ1) is 8.20. The van der Waals surface area contributed by atoms with Gasteiger partial charge in [0.1, 0.15) is 6.17 Å². The van der Waals surface area contributed by atoms with E-state index in [1.807, 2.05) is 4.90 Å². The molecule has 0 spiro atoms. The van der Waals surface area contributed by atoms with Gasteiger partial charge in [-0.05, 0) is 0 Å². The second-order valence-corrected chi connectivity index (χ2v) is 2.56. The Labute approximate surface area is 64.1 Å². The highest BCUT2D eigenvalue weighted by atomic mass is 19.1. The van der Waals surface area contributed by atoms with E-state index in [4.69, 9.17) is 5.11 Å². The lowest BCUT2D eigenvalue weighted by Crippen LogP contribution is -2.48. The lowest BCUT2D eigenvalue weighted by Gasteiger charge is -2.32. The van der Waals surface area contributed by atoms with Gasteiger partial charge in [0.25, 0.3) is 0 Å². The van der Waals surface area contributed by atoms with Gasteiger partial charge in [-0.2, -0.15) is 0 Å². The third-order valence-electron chi connectivity index (χ3n) is 1.54. The van der Waals surface area contributed by atoms with Crippen molar-refractivity contribution in [2.24, 2.45) is 0 Å². The predicted molar refractivity (Wildman–Crippen MR) is 38.1 cm³/mol. The van der Waals surface area contributed by atoms with E-state index >= 15 is 0 Å².